The number of rotatable bonds is 2. The molecule has 5 aromatic rings. The zero-order valence-corrected chi connectivity index (χ0v) is 15.9. The molecule has 0 fully saturated rings. The van der Waals surface area contributed by atoms with Crippen molar-refractivity contribution < 1.29 is 4.99 Å². The summed E-state index contributed by atoms with van der Waals surface area (Å²) in [4.78, 5) is 6.92. The third-order valence-corrected chi connectivity index (χ3v) is 6.43. The third-order valence-electron chi connectivity index (χ3n) is 5.47. The molecule has 2 N–H and O–H groups in total. The number of nitrogens with one attached hydrogen (secondary N) is 2. The number of aromatic amines is 1. The van der Waals surface area contributed by atoms with E-state index in [4.69, 9.17) is 0 Å². The molecular weight excluding hydrogens is 360 g/mol. The summed E-state index contributed by atoms with van der Waals surface area (Å²) in [6.45, 7) is 0. The molecule has 3 aromatic carbocycles. The van der Waals surface area contributed by atoms with Crippen molar-refractivity contribution in [2.24, 2.45) is 0 Å². The van der Waals surface area contributed by atoms with Crippen molar-refractivity contribution in [1.29, 1.82) is 0 Å². The molecule has 1 aliphatic rings. The van der Waals surface area contributed by atoms with Gasteiger partial charge >= 0.3 is 0 Å². The molecule has 0 atom stereocenters. The van der Waals surface area contributed by atoms with Gasteiger partial charge in [0.2, 0.25) is 5.69 Å². The molecule has 1 aliphatic heterocycles. The zero-order chi connectivity index (χ0) is 18.5. The Morgan fingerprint density at radius 3 is 2.54 bits per heavy atom. The van der Waals surface area contributed by atoms with Crippen LogP contribution < -0.4 is 4.99 Å². The van der Waals surface area contributed by atoms with Gasteiger partial charge in [-0.2, -0.15) is 0 Å². The molecule has 0 bridgehead atoms. The third kappa shape index (κ3) is 2.23. The van der Waals surface area contributed by atoms with Crippen LogP contribution in [0, 0.1) is 0 Å². The van der Waals surface area contributed by atoms with Crippen LogP contribution in [-0.4, -0.2) is 11.2 Å². The van der Waals surface area contributed by atoms with Crippen LogP contribution in [0.3, 0.4) is 0 Å². The fourth-order valence-corrected chi connectivity index (χ4v) is 5.12. The number of allylic oxidation sites excluding steroid dienone is 1. The maximum absolute atomic E-state index is 3.46. The van der Waals surface area contributed by atoms with Gasteiger partial charge in [-0.3, -0.25) is 0 Å². The molecule has 0 amide bonds. The number of fused-ring (bicyclic) bond motifs is 3. The van der Waals surface area contributed by atoms with Gasteiger partial charge in [-0.05, 0) is 23.6 Å². The van der Waals surface area contributed by atoms with Gasteiger partial charge in [0.1, 0.15) is 0 Å². The summed E-state index contributed by atoms with van der Waals surface area (Å²) in [6.07, 6.45) is 4.29. The molecule has 0 aliphatic carbocycles. The summed E-state index contributed by atoms with van der Waals surface area (Å²) in [5, 5.41) is 4.85. The van der Waals surface area contributed by atoms with Crippen LogP contribution in [0.5, 0.6) is 0 Å². The van der Waals surface area contributed by atoms with E-state index in [0.717, 1.165) is 11.2 Å². The van der Waals surface area contributed by atoms with Crippen molar-refractivity contribution in [3.8, 4) is 0 Å². The molecular formula is C25H17N2S+. The van der Waals surface area contributed by atoms with E-state index in [2.05, 4.69) is 101 Å². The Labute approximate surface area is 166 Å². The first-order valence-corrected chi connectivity index (χ1v) is 10.2. The van der Waals surface area contributed by atoms with Gasteiger partial charge in [0.25, 0.3) is 0 Å². The van der Waals surface area contributed by atoms with Crippen LogP contribution in [0.2, 0.25) is 0 Å². The highest BCUT2D eigenvalue weighted by Gasteiger charge is 2.26. The normalized spacial score (nSPS) is 14.7. The largest absolute Gasteiger partial charge is 0.361 e. The molecule has 6 rings (SSSR count). The standard InChI is InChI=1S/C25H16N2S/c1-4-10-22-16(7-1)19(13-26-22)25(20-14-27-23-11-5-2-8-17(20)23)21-15-28-24-12-6-3-9-18(21)24/h1-15,26H/p+1. The summed E-state index contributed by atoms with van der Waals surface area (Å²) in [5.41, 5.74) is 8.61. The predicted molar refractivity (Wildman–Crippen MR) is 119 cm³/mol. The number of benzene rings is 3. The second kappa shape index (κ2) is 6.04. The summed E-state index contributed by atoms with van der Waals surface area (Å²) in [5.74, 6) is 0. The number of H-pyrrole nitrogens is 1. The highest BCUT2D eigenvalue weighted by Crippen LogP contribution is 2.41. The van der Waals surface area contributed by atoms with E-state index in [1.165, 1.54) is 43.3 Å². The zero-order valence-electron chi connectivity index (χ0n) is 15.1. The monoisotopic (exact) mass is 377 g/mol. The summed E-state index contributed by atoms with van der Waals surface area (Å²) in [6, 6.07) is 25.7. The Balaban J connectivity index is 1.74. The Bertz CT molecular complexity index is 1340. The lowest BCUT2D eigenvalue weighted by molar-refractivity contribution is -0.342. The quantitative estimate of drug-likeness (QED) is 0.427. The minimum Gasteiger partial charge on any atom is -0.361 e. The smallest absolute Gasteiger partial charge is 0.211 e. The molecule has 3 heterocycles. The highest BCUT2D eigenvalue weighted by atomic mass is 32.1. The average molecular weight is 377 g/mol. The second-order valence-corrected chi connectivity index (χ2v) is 7.93. The fourth-order valence-electron chi connectivity index (χ4n) is 4.16. The molecule has 28 heavy (non-hydrogen) atoms. The first kappa shape index (κ1) is 15.6. The number of thiophene rings is 1. The van der Waals surface area contributed by atoms with Gasteiger partial charge in [-0.1, -0.05) is 48.5 Å². The second-order valence-electron chi connectivity index (χ2n) is 7.02. The van der Waals surface area contributed by atoms with E-state index in [1.807, 2.05) is 0 Å². The number of aromatic nitrogens is 1. The van der Waals surface area contributed by atoms with Gasteiger partial charge < -0.3 is 4.98 Å². The van der Waals surface area contributed by atoms with Crippen molar-refractivity contribution in [3.05, 3.63) is 101 Å². The first-order valence-electron chi connectivity index (χ1n) is 9.37. The fraction of sp³-hybridized carbons (Fsp3) is 0. The van der Waals surface area contributed by atoms with Crippen molar-refractivity contribution in [2.75, 3.05) is 0 Å². The van der Waals surface area contributed by atoms with Crippen LogP contribution in [-0.2, 0) is 0 Å². The first-order chi connectivity index (χ1) is 13.9. The van der Waals surface area contributed by atoms with Gasteiger partial charge in [-0.25, -0.2) is 4.99 Å². The van der Waals surface area contributed by atoms with Crippen molar-refractivity contribution in [2.45, 2.75) is 0 Å². The molecule has 0 saturated heterocycles. The molecule has 0 radical (unpaired) electrons. The molecule has 3 heteroatoms. The summed E-state index contributed by atoms with van der Waals surface area (Å²) in [7, 11) is 0. The van der Waals surface area contributed by atoms with Crippen molar-refractivity contribution >= 4 is 55.4 Å². The lowest BCUT2D eigenvalue weighted by atomic mass is 9.90. The minimum atomic E-state index is 1.16. The maximum Gasteiger partial charge on any atom is 0.211 e. The van der Waals surface area contributed by atoms with Crippen LogP contribution in [0.1, 0.15) is 16.7 Å². The SMILES string of the molecule is C1=[NH+]c2ccccc2C1=C(c1c[nH]c2ccccc12)c1csc2ccccc12. The molecule has 0 unspecified atom stereocenters. The maximum atomic E-state index is 3.46. The van der Waals surface area contributed by atoms with Crippen molar-refractivity contribution in [3.63, 3.8) is 0 Å². The van der Waals surface area contributed by atoms with Crippen LogP contribution in [0.4, 0.5) is 5.69 Å². The van der Waals surface area contributed by atoms with Crippen molar-refractivity contribution in [1.82, 2.24) is 4.98 Å². The number of hydrogen-bond acceptors (Lipinski definition) is 1. The van der Waals surface area contributed by atoms with E-state index >= 15 is 0 Å². The molecule has 2 aromatic heterocycles. The van der Waals surface area contributed by atoms with E-state index in [9.17, 15) is 0 Å². The van der Waals surface area contributed by atoms with Crippen LogP contribution in [0.15, 0.2) is 84.4 Å². The van der Waals surface area contributed by atoms with Crippen LogP contribution in [0.25, 0.3) is 32.1 Å². The predicted octanol–water partition coefficient (Wildman–Crippen LogP) is 5.14. The van der Waals surface area contributed by atoms with E-state index in [-0.39, 0.29) is 0 Å². The molecule has 0 saturated carbocycles. The average Bonchev–Trinajstić information content (AvgIpc) is 3.47. The number of para-hydroxylation sites is 2. The Hall–Kier alpha value is -3.43. The highest BCUT2D eigenvalue weighted by molar-refractivity contribution is 7.17. The minimum absolute atomic E-state index is 1.16. The summed E-state index contributed by atoms with van der Waals surface area (Å²) < 4.78 is 1.31. The Morgan fingerprint density at radius 1 is 0.786 bits per heavy atom. The van der Waals surface area contributed by atoms with E-state index in [0.29, 0.717) is 0 Å². The molecule has 0 spiro atoms. The van der Waals surface area contributed by atoms with Gasteiger partial charge in [-0.15, -0.1) is 11.3 Å². The van der Waals surface area contributed by atoms with Gasteiger partial charge in [0.05, 0.1) is 11.1 Å². The molecule has 2 nitrogen and oxygen atoms in total. The van der Waals surface area contributed by atoms with Gasteiger partial charge in [0.15, 0.2) is 6.21 Å². The van der Waals surface area contributed by atoms with E-state index < -0.39 is 0 Å². The molecule has 132 valence electrons. The van der Waals surface area contributed by atoms with Crippen LogP contribution >= 0.6 is 11.3 Å². The number of hydrogen-bond donors (Lipinski definition) is 2. The van der Waals surface area contributed by atoms with Gasteiger partial charge in [0, 0.05) is 50.0 Å². The lowest BCUT2D eigenvalue weighted by Gasteiger charge is -2.09. The summed E-state index contributed by atoms with van der Waals surface area (Å²) >= 11 is 1.81. The van der Waals surface area contributed by atoms with E-state index in [1.54, 1.807) is 11.3 Å². The Kier molecular flexibility index (Phi) is 3.37. The Morgan fingerprint density at radius 2 is 1.57 bits per heavy atom. The topological polar surface area (TPSA) is 29.8 Å². The lowest BCUT2D eigenvalue weighted by Crippen LogP contribution is -2.58.